The third-order valence-electron chi connectivity index (χ3n) is 2.27. The summed E-state index contributed by atoms with van der Waals surface area (Å²) in [6, 6.07) is 0. The molecule has 0 aliphatic heterocycles. The highest BCUT2D eigenvalue weighted by atomic mass is 31.2. The van der Waals surface area contributed by atoms with Gasteiger partial charge in [-0.3, -0.25) is 4.57 Å². The minimum absolute atomic E-state index is 0.0136. The first-order chi connectivity index (χ1) is 9.50. The summed E-state index contributed by atoms with van der Waals surface area (Å²) in [5.74, 6) is -0.723. The fourth-order valence-corrected chi connectivity index (χ4v) is 2.01. The molecule has 8 heteroatoms. The first kappa shape index (κ1) is 19.8. The van der Waals surface area contributed by atoms with E-state index < -0.39 is 25.0 Å². The van der Waals surface area contributed by atoms with Crippen molar-refractivity contribution in [3.63, 3.8) is 0 Å². The molecule has 0 fully saturated rings. The zero-order chi connectivity index (χ0) is 16.7. The standard InChI is InChI=1S/C13H24NO6P/c1-7-19-11(15)10(8-9-21(6,17)18-5)14-12(16)20-13(2,3)4/h7-9H2,1-6H3. The molecule has 1 atom stereocenters. The Balaban J connectivity index is 5.01. The summed E-state index contributed by atoms with van der Waals surface area (Å²) in [6.45, 7) is 8.31. The largest absolute Gasteiger partial charge is 0.462 e. The number of hydrogen-bond acceptors (Lipinski definition) is 6. The van der Waals surface area contributed by atoms with Crippen LogP contribution in [-0.2, 0) is 23.4 Å². The summed E-state index contributed by atoms with van der Waals surface area (Å²) < 4.78 is 26.5. The molecule has 0 saturated heterocycles. The maximum Gasteiger partial charge on any atom is 0.434 e. The molecule has 21 heavy (non-hydrogen) atoms. The predicted molar refractivity (Wildman–Crippen MR) is 80.3 cm³/mol. The lowest BCUT2D eigenvalue weighted by molar-refractivity contribution is -0.135. The van der Waals surface area contributed by atoms with Crippen molar-refractivity contribution in [1.82, 2.24) is 0 Å². The van der Waals surface area contributed by atoms with Gasteiger partial charge in [-0.1, -0.05) is 0 Å². The average molecular weight is 321 g/mol. The second-order valence-corrected chi connectivity index (χ2v) is 8.27. The summed E-state index contributed by atoms with van der Waals surface area (Å²) in [6.07, 6.45) is -0.780. The molecule has 0 aromatic heterocycles. The molecule has 0 saturated carbocycles. The van der Waals surface area contributed by atoms with E-state index in [1.807, 2.05) is 0 Å². The van der Waals surface area contributed by atoms with Crippen LogP contribution < -0.4 is 0 Å². The van der Waals surface area contributed by atoms with Crippen molar-refractivity contribution in [1.29, 1.82) is 0 Å². The van der Waals surface area contributed by atoms with Crippen LogP contribution in [0.2, 0.25) is 0 Å². The van der Waals surface area contributed by atoms with Crippen LogP contribution in [0.5, 0.6) is 0 Å². The van der Waals surface area contributed by atoms with Crippen LogP contribution in [0.15, 0.2) is 4.99 Å². The predicted octanol–water partition coefficient (Wildman–Crippen LogP) is 2.87. The van der Waals surface area contributed by atoms with Crippen molar-refractivity contribution >= 4 is 25.1 Å². The first-order valence-electron chi connectivity index (χ1n) is 6.60. The third-order valence-corrected chi connectivity index (χ3v) is 4.08. The van der Waals surface area contributed by atoms with Crippen LogP contribution in [0.25, 0.3) is 0 Å². The van der Waals surface area contributed by atoms with Crippen LogP contribution in [0.1, 0.15) is 34.1 Å². The normalized spacial score (nSPS) is 15.2. The van der Waals surface area contributed by atoms with Crippen LogP contribution in [0.4, 0.5) is 4.79 Å². The molecule has 7 nitrogen and oxygen atoms in total. The summed E-state index contributed by atoms with van der Waals surface area (Å²) in [7, 11) is -1.48. The Hall–Kier alpha value is -1.20. The second kappa shape index (κ2) is 8.29. The zero-order valence-electron chi connectivity index (χ0n) is 13.5. The SMILES string of the molecule is CCOC(=O)C(CCP(C)(=O)OC)=NC(=O)OC(C)(C)C. The molecule has 0 aliphatic rings. The number of ether oxygens (including phenoxy) is 2. The first-order valence-corrected chi connectivity index (χ1v) is 8.86. The molecule has 1 unspecified atom stereocenters. The summed E-state index contributed by atoms with van der Waals surface area (Å²) in [4.78, 5) is 27.0. The molecule has 0 spiro atoms. The lowest BCUT2D eigenvalue weighted by Crippen LogP contribution is -2.25. The molecule has 0 bridgehead atoms. The van der Waals surface area contributed by atoms with Gasteiger partial charge < -0.3 is 14.0 Å². The van der Waals surface area contributed by atoms with Crippen LogP contribution in [0, 0.1) is 0 Å². The number of nitrogens with zero attached hydrogens (tertiary/aromatic N) is 1. The number of aliphatic imine (C=N–C) groups is 1. The average Bonchev–Trinajstić information content (AvgIpc) is 2.32. The van der Waals surface area contributed by atoms with Crippen LogP contribution in [-0.4, -0.2) is 49.9 Å². The fraction of sp³-hybridized carbons (Fsp3) is 0.769. The maximum absolute atomic E-state index is 11.8. The van der Waals surface area contributed by atoms with E-state index in [1.165, 1.54) is 13.8 Å². The molecule has 0 N–H and O–H groups in total. The van der Waals surface area contributed by atoms with Crippen LogP contribution in [0.3, 0.4) is 0 Å². The van der Waals surface area contributed by atoms with E-state index in [1.54, 1.807) is 27.7 Å². The molecule has 0 aromatic rings. The number of carbonyl (C=O) groups excluding carboxylic acids is 2. The van der Waals surface area contributed by atoms with Gasteiger partial charge in [0.2, 0.25) is 0 Å². The van der Waals surface area contributed by atoms with Crippen molar-refractivity contribution in [3.8, 4) is 0 Å². The van der Waals surface area contributed by atoms with Crippen LogP contribution >= 0.6 is 7.37 Å². The molecule has 0 aromatic carbocycles. The van der Waals surface area contributed by atoms with Gasteiger partial charge in [-0.25, -0.2) is 9.59 Å². The van der Waals surface area contributed by atoms with E-state index in [4.69, 9.17) is 14.0 Å². The van der Waals surface area contributed by atoms with Crippen molar-refractivity contribution < 1.29 is 28.2 Å². The molecule has 0 heterocycles. The highest BCUT2D eigenvalue weighted by Crippen LogP contribution is 2.41. The van der Waals surface area contributed by atoms with Gasteiger partial charge in [-0.05, 0) is 27.7 Å². The van der Waals surface area contributed by atoms with Gasteiger partial charge >= 0.3 is 12.1 Å². The quantitative estimate of drug-likeness (QED) is 0.424. The Morgan fingerprint density at radius 1 is 1.24 bits per heavy atom. The molecule has 1 amide bonds. The Morgan fingerprint density at radius 3 is 2.24 bits per heavy atom. The van der Waals surface area contributed by atoms with Gasteiger partial charge in [0.25, 0.3) is 0 Å². The Kier molecular flexibility index (Phi) is 7.82. The zero-order valence-corrected chi connectivity index (χ0v) is 14.4. The van der Waals surface area contributed by atoms with Crippen molar-refractivity contribution in [2.45, 2.75) is 39.7 Å². The Bertz CT molecular complexity index is 452. The third kappa shape index (κ3) is 9.37. The van der Waals surface area contributed by atoms with E-state index in [0.29, 0.717) is 0 Å². The topological polar surface area (TPSA) is 91.3 Å². The van der Waals surface area contributed by atoms with Gasteiger partial charge in [-0.15, -0.1) is 0 Å². The minimum Gasteiger partial charge on any atom is -0.462 e. The second-order valence-electron chi connectivity index (χ2n) is 5.43. The summed E-state index contributed by atoms with van der Waals surface area (Å²) in [5.41, 5.74) is -0.836. The molecule has 122 valence electrons. The lowest BCUT2D eigenvalue weighted by Gasteiger charge is -2.18. The van der Waals surface area contributed by atoms with Crippen molar-refractivity contribution in [2.75, 3.05) is 26.5 Å². The summed E-state index contributed by atoms with van der Waals surface area (Å²) >= 11 is 0. The number of amides is 1. The van der Waals surface area contributed by atoms with E-state index in [-0.39, 0.29) is 24.9 Å². The van der Waals surface area contributed by atoms with Gasteiger partial charge in [-0.2, -0.15) is 4.99 Å². The van der Waals surface area contributed by atoms with Crippen molar-refractivity contribution in [2.24, 2.45) is 4.99 Å². The number of carbonyl (C=O) groups is 2. The van der Waals surface area contributed by atoms with E-state index in [9.17, 15) is 14.2 Å². The lowest BCUT2D eigenvalue weighted by atomic mass is 10.2. The minimum atomic E-state index is -2.81. The van der Waals surface area contributed by atoms with Gasteiger partial charge in [0, 0.05) is 26.4 Å². The van der Waals surface area contributed by atoms with E-state index >= 15 is 0 Å². The molecule has 0 radical (unpaired) electrons. The van der Waals surface area contributed by atoms with Crippen molar-refractivity contribution in [3.05, 3.63) is 0 Å². The molecule has 0 aliphatic carbocycles. The molecular weight excluding hydrogens is 297 g/mol. The molecule has 0 rings (SSSR count). The molecular formula is C13H24NO6P. The summed E-state index contributed by atoms with van der Waals surface area (Å²) in [5, 5.41) is 0. The fourth-order valence-electron chi connectivity index (χ4n) is 1.21. The highest BCUT2D eigenvalue weighted by molar-refractivity contribution is 7.58. The van der Waals surface area contributed by atoms with E-state index in [2.05, 4.69) is 4.99 Å². The monoisotopic (exact) mass is 321 g/mol. The van der Waals surface area contributed by atoms with Gasteiger partial charge in [0.05, 0.1) is 6.61 Å². The van der Waals surface area contributed by atoms with E-state index in [0.717, 1.165) is 0 Å². The van der Waals surface area contributed by atoms with Gasteiger partial charge in [0.15, 0.2) is 7.37 Å². The highest BCUT2D eigenvalue weighted by Gasteiger charge is 2.22. The maximum atomic E-state index is 11.8. The number of hydrogen-bond donors (Lipinski definition) is 0. The Labute approximate surface area is 125 Å². The number of esters is 1. The number of rotatable bonds is 6. The van der Waals surface area contributed by atoms with Gasteiger partial charge in [0.1, 0.15) is 11.3 Å². The smallest absolute Gasteiger partial charge is 0.434 e. The Morgan fingerprint density at radius 2 is 1.81 bits per heavy atom.